The van der Waals surface area contributed by atoms with Gasteiger partial charge in [-0.3, -0.25) is 4.57 Å². The van der Waals surface area contributed by atoms with Crippen LogP contribution in [0.3, 0.4) is 0 Å². The Morgan fingerprint density at radius 3 is 2.62 bits per heavy atom. The number of aryl methyl sites for hydroxylation is 2. The Balaban J connectivity index is 1.85. The summed E-state index contributed by atoms with van der Waals surface area (Å²) in [6.45, 7) is 7.63. The van der Waals surface area contributed by atoms with Crippen molar-refractivity contribution in [3.05, 3.63) is 70.0 Å². The third-order valence-corrected chi connectivity index (χ3v) is 5.22. The second-order valence-electron chi connectivity index (χ2n) is 7.01. The average molecular weight is 381 g/mol. The van der Waals surface area contributed by atoms with Gasteiger partial charge in [-0.15, -0.1) is 0 Å². The number of imidazole rings is 1. The van der Waals surface area contributed by atoms with Crippen molar-refractivity contribution >= 4 is 22.7 Å². The largest absolute Gasteiger partial charge is 0.443 e. The number of furan rings is 1. The summed E-state index contributed by atoms with van der Waals surface area (Å²) in [4.78, 5) is 7.72. The molecule has 0 fully saturated rings. The fraction of sp³-hybridized carbons (Fsp3) is 0.174. The van der Waals surface area contributed by atoms with Gasteiger partial charge in [-0.05, 0) is 57.5 Å². The number of H-pyrrole nitrogens is 1. The lowest BCUT2D eigenvalue weighted by molar-refractivity contribution is 0.503. The number of rotatable bonds is 3. The summed E-state index contributed by atoms with van der Waals surface area (Å²) < 4.78 is 7.80. The summed E-state index contributed by atoms with van der Waals surface area (Å²) in [5.74, 6) is 1.77. The topological polar surface area (TPSA) is 94.3 Å². The van der Waals surface area contributed by atoms with E-state index in [0.717, 1.165) is 39.3 Å². The monoisotopic (exact) mass is 381 g/mol. The van der Waals surface area contributed by atoms with Gasteiger partial charge in [-0.1, -0.05) is 12.1 Å². The van der Waals surface area contributed by atoms with E-state index in [1.807, 2.05) is 68.7 Å². The molecule has 4 aromatic rings. The number of aromatic amines is 1. The number of aromatic nitrogens is 3. The van der Waals surface area contributed by atoms with Crippen LogP contribution in [0.5, 0.6) is 0 Å². The summed E-state index contributed by atoms with van der Waals surface area (Å²) >= 11 is 0. The summed E-state index contributed by atoms with van der Waals surface area (Å²) in [6, 6.07) is 14.1. The Hall–Kier alpha value is -4.03. The molecule has 29 heavy (non-hydrogen) atoms. The van der Waals surface area contributed by atoms with Crippen molar-refractivity contribution < 1.29 is 4.42 Å². The number of hydrogen-bond acceptors (Lipinski definition) is 4. The zero-order valence-electron chi connectivity index (χ0n) is 16.7. The molecule has 0 aliphatic carbocycles. The molecule has 0 atom stereocenters. The highest BCUT2D eigenvalue weighted by Gasteiger charge is 2.20. The van der Waals surface area contributed by atoms with Crippen LogP contribution in [0.2, 0.25) is 0 Å². The Bertz CT molecular complexity index is 1330. The van der Waals surface area contributed by atoms with Crippen LogP contribution in [-0.4, -0.2) is 14.5 Å². The van der Waals surface area contributed by atoms with Crippen molar-refractivity contribution in [3.8, 4) is 18.0 Å². The van der Waals surface area contributed by atoms with Crippen molar-refractivity contribution in [2.45, 2.75) is 27.7 Å². The second-order valence-corrected chi connectivity index (χ2v) is 7.01. The fourth-order valence-electron chi connectivity index (χ4n) is 3.53. The maximum atomic E-state index is 9.73. The molecule has 0 aliphatic rings. The molecule has 142 valence electrons. The molecule has 3 heterocycles. The molecule has 0 amide bonds. The Labute approximate surface area is 168 Å². The molecule has 1 aromatic carbocycles. The minimum Gasteiger partial charge on any atom is -0.443 e. The van der Waals surface area contributed by atoms with Crippen LogP contribution in [0.25, 0.3) is 28.6 Å². The number of nitriles is 2. The molecule has 3 aromatic heterocycles. The molecule has 6 nitrogen and oxygen atoms in total. The summed E-state index contributed by atoms with van der Waals surface area (Å²) in [5.41, 5.74) is 6.18. The zero-order chi connectivity index (χ0) is 20.7. The minimum absolute atomic E-state index is 0.439. The van der Waals surface area contributed by atoms with Crippen molar-refractivity contribution in [1.29, 1.82) is 10.5 Å². The van der Waals surface area contributed by atoms with Gasteiger partial charge in [0.15, 0.2) is 0 Å². The van der Waals surface area contributed by atoms with Crippen molar-refractivity contribution in [3.63, 3.8) is 0 Å². The Morgan fingerprint density at radius 2 is 1.93 bits per heavy atom. The van der Waals surface area contributed by atoms with Gasteiger partial charge in [0.25, 0.3) is 0 Å². The van der Waals surface area contributed by atoms with E-state index in [9.17, 15) is 10.5 Å². The van der Waals surface area contributed by atoms with Crippen LogP contribution in [0.1, 0.15) is 39.7 Å². The maximum Gasteiger partial charge on any atom is 0.222 e. The van der Waals surface area contributed by atoms with E-state index in [-0.39, 0.29) is 0 Å². The average Bonchev–Trinajstić information content (AvgIpc) is 3.34. The molecule has 4 rings (SSSR count). The van der Waals surface area contributed by atoms with Gasteiger partial charge in [0, 0.05) is 17.0 Å². The third kappa shape index (κ3) is 2.92. The van der Waals surface area contributed by atoms with Crippen LogP contribution < -0.4 is 0 Å². The summed E-state index contributed by atoms with van der Waals surface area (Å²) in [5, 5.41) is 19.3. The van der Waals surface area contributed by atoms with Gasteiger partial charge in [-0.25, -0.2) is 4.98 Å². The number of nitrogens with one attached hydrogen (secondary N) is 1. The van der Waals surface area contributed by atoms with Gasteiger partial charge in [0.1, 0.15) is 29.3 Å². The van der Waals surface area contributed by atoms with Gasteiger partial charge >= 0.3 is 0 Å². The van der Waals surface area contributed by atoms with Gasteiger partial charge in [-0.2, -0.15) is 10.5 Å². The first-order valence-corrected chi connectivity index (χ1v) is 9.21. The maximum absolute atomic E-state index is 9.73. The van der Waals surface area contributed by atoms with Gasteiger partial charge in [0.05, 0.1) is 16.6 Å². The predicted molar refractivity (Wildman–Crippen MR) is 111 cm³/mol. The first-order chi connectivity index (χ1) is 13.9. The van der Waals surface area contributed by atoms with Crippen LogP contribution in [0.4, 0.5) is 0 Å². The summed E-state index contributed by atoms with van der Waals surface area (Å²) in [7, 11) is 0. The van der Waals surface area contributed by atoms with Gasteiger partial charge in [0.2, 0.25) is 5.88 Å². The quantitative estimate of drug-likeness (QED) is 0.499. The van der Waals surface area contributed by atoms with E-state index in [0.29, 0.717) is 22.8 Å². The molecule has 0 radical (unpaired) electrons. The van der Waals surface area contributed by atoms with Crippen LogP contribution in [0, 0.1) is 50.4 Å². The van der Waals surface area contributed by atoms with E-state index in [1.54, 1.807) is 0 Å². The second kappa shape index (κ2) is 6.85. The highest BCUT2D eigenvalue weighted by Crippen LogP contribution is 2.30. The molecule has 0 aliphatic heterocycles. The van der Waals surface area contributed by atoms with Crippen molar-refractivity contribution in [1.82, 2.24) is 14.5 Å². The lowest BCUT2D eigenvalue weighted by Crippen LogP contribution is -2.00. The number of nitrogens with zero attached hydrogens (tertiary/aromatic N) is 4. The molecule has 6 heteroatoms. The standard InChI is InChI=1S/C23H19N5O/c1-13-9-17(15(3)28(13)23-19(12-25)14(2)16(4)29-23)10-18(11-24)22-26-20-7-5-6-8-21(20)27-22/h5-10H,1-4H3,(H,26,27). The highest BCUT2D eigenvalue weighted by atomic mass is 16.4. The lowest BCUT2D eigenvalue weighted by atomic mass is 10.1. The fourth-order valence-corrected chi connectivity index (χ4v) is 3.53. The molecular weight excluding hydrogens is 362 g/mol. The highest BCUT2D eigenvalue weighted by molar-refractivity contribution is 5.90. The normalized spacial score (nSPS) is 11.6. The zero-order valence-corrected chi connectivity index (χ0v) is 16.7. The van der Waals surface area contributed by atoms with Gasteiger partial charge < -0.3 is 9.40 Å². The van der Waals surface area contributed by atoms with E-state index in [4.69, 9.17) is 4.42 Å². The number of allylic oxidation sites excluding steroid dienone is 1. The molecule has 1 N–H and O–H groups in total. The Kier molecular flexibility index (Phi) is 4.33. The van der Waals surface area contributed by atoms with E-state index < -0.39 is 0 Å². The first kappa shape index (κ1) is 18.3. The lowest BCUT2D eigenvalue weighted by Gasteiger charge is -2.06. The molecule has 0 spiro atoms. The molecule has 0 bridgehead atoms. The van der Waals surface area contributed by atoms with E-state index in [1.165, 1.54) is 0 Å². The molecule has 0 saturated heterocycles. The number of benzene rings is 1. The predicted octanol–water partition coefficient (Wildman–Crippen LogP) is 5.12. The van der Waals surface area contributed by atoms with E-state index in [2.05, 4.69) is 22.1 Å². The SMILES string of the molecule is Cc1oc(-n2c(C)cc(C=C(C#N)c3nc4ccccc4[nH]3)c2C)c(C#N)c1C. The van der Waals surface area contributed by atoms with Crippen LogP contribution in [-0.2, 0) is 0 Å². The molecular formula is C23H19N5O. The smallest absolute Gasteiger partial charge is 0.222 e. The molecule has 0 saturated carbocycles. The summed E-state index contributed by atoms with van der Waals surface area (Å²) in [6.07, 6.45) is 1.81. The van der Waals surface area contributed by atoms with Crippen molar-refractivity contribution in [2.24, 2.45) is 0 Å². The minimum atomic E-state index is 0.439. The number of hydrogen-bond donors (Lipinski definition) is 1. The van der Waals surface area contributed by atoms with Crippen LogP contribution >= 0.6 is 0 Å². The first-order valence-electron chi connectivity index (χ1n) is 9.21. The third-order valence-electron chi connectivity index (χ3n) is 5.22. The van der Waals surface area contributed by atoms with E-state index >= 15 is 0 Å². The molecule has 0 unspecified atom stereocenters. The number of fused-ring (bicyclic) bond motifs is 1. The van der Waals surface area contributed by atoms with Crippen molar-refractivity contribution in [2.75, 3.05) is 0 Å². The van der Waals surface area contributed by atoms with Crippen LogP contribution in [0.15, 0.2) is 34.7 Å². The number of para-hydroxylation sites is 2. The Morgan fingerprint density at radius 1 is 1.17 bits per heavy atom.